The van der Waals surface area contributed by atoms with Crippen LogP contribution in [0.1, 0.15) is 5.76 Å². The summed E-state index contributed by atoms with van der Waals surface area (Å²) < 4.78 is 10.8. The van der Waals surface area contributed by atoms with Gasteiger partial charge in [0.15, 0.2) is 5.76 Å². The Kier molecular flexibility index (Phi) is 4.71. The van der Waals surface area contributed by atoms with Gasteiger partial charge >= 0.3 is 6.09 Å². The highest BCUT2D eigenvalue weighted by atomic mass is 127. The van der Waals surface area contributed by atoms with E-state index in [1.165, 1.54) is 4.90 Å². The van der Waals surface area contributed by atoms with Crippen molar-refractivity contribution in [2.45, 2.75) is 5.75 Å². The number of carbonyl (C=O) groups is 1. The van der Waals surface area contributed by atoms with E-state index in [-0.39, 0.29) is 5.88 Å². The molecule has 7 heteroatoms. The molecule has 0 fully saturated rings. The van der Waals surface area contributed by atoms with Crippen molar-refractivity contribution in [1.29, 1.82) is 0 Å². The molecule has 84 valence electrons. The number of amides is 1. The minimum atomic E-state index is -0.461. The normalized spacial score (nSPS) is 10.1. The quantitative estimate of drug-likeness (QED) is 0.789. The first-order valence-corrected chi connectivity index (χ1v) is 6.55. The first-order chi connectivity index (χ1) is 7.06. The van der Waals surface area contributed by atoms with Gasteiger partial charge < -0.3 is 14.2 Å². The minimum Gasteiger partial charge on any atom is -0.387 e. The van der Waals surface area contributed by atoms with Crippen molar-refractivity contribution in [2.75, 3.05) is 20.4 Å². The lowest BCUT2D eigenvalue weighted by molar-refractivity contribution is 0.167. The summed E-state index contributed by atoms with van der Waals surface area (Å²) in [5, 5.41) is 3.69. The molecule has 1 amide bonds. The molecule has 0 unspecified atom stereocenters. The summed E-state index contributed by atoms with van der Waals surface area (Å²) in [5.41, 5.74) is 0. The van der Waals surface area contributed by atoms with Gasteiger partial charge in [0.2, 0.25) is 0 Å². The van der Waals surface area contributed by atoms with Gasteiger partial charge in [-0.3, -0.25) is 0 Å². The highest BCUT2D eigenvalue weighted by molar-refractivity contribution is 14.1. The number of thioether (sulfide) groups is 1. The predicted octanol–water partition coefficient (Wildman–Crippen LogP) is 2.20. The lowest BCUT2D eigenvalue weighted by Crippen LogP contribution is -2.25. The topological polar surface area (TPSA) is 55.6 Å². The van der Waals surface area contributed by atoms with Crippen molar-refractivity contribution in [2.24, 2.45) is 0 Å². The maximum atomic E-state index is 11.2. The summed E-state index contributed by atoms with van der Waals surface area (Å²) in [6.45, 7) is 0. The zero-order valence-electron chi connectivity index (χ0n) is 8.61. The molecule has 0 aliphatic carbocycles. The molecule has 0 radical (unpaired) electrons. The molecular weight excluding hydrogens is 331 g/mol. The molecule has 5 nitrogen and oxygen atoms in total. The van der Waals surface area contributed by atoms with Crippen LogP contribution in [0.2, 0.25) is 0 Å². The van der Waals surface area contributed by atoms with E-state index in [4.69, 9.17) is 9.26 Å². The zero-order chi connectivity index (χ0) is 11.4. The number of ether oxygens (including phenoxy) is 1. The Balaban J connectivity index is 2.74. The number of nitrogens with zero attached hydrogens (tertiary/aromatic N) is 2. The van der Waals surface area contributed by atoms with Gasteiger partial charge in [0.1, 0.15) is 3.57 Å². The smallest absolute Gasteiger partial charge is 0.387 e. The lowest BCUT2D eigenvalue weighted by Gasteiger charge is -2.07. The van der Waals surface area contributed by atoms with Gasteiger partial charge in [0.05, 0.1) is 5.75 Å². The summed E-state index contributed by atoms with van der Waals surface area (Å²) in [7, 11) is 3.22. The number of carbonyl (C=O) groups excluding carboxylic acids is 1. The first kappa shape index (κ1) is 12.6. The van der Waals surface area contributed by atoms with Gasteiger partial charge in [-0.1, -0.05) is 0 Å². The Hall–Kier alpha value is -0.440. The number of halogens is 1. The van der Waals surface area contributed by atoms with Crippen molar-refractivity contribution >= 4 is 40.4 Å². The van der Waals surface area contributed by atoms with Gasteiger partial charge in [-0.05, 0) is 34.0 Å². The van der Waals surface area contributed by atoms with E-state index in [2.05, 4.69) is 27.7 Å². The molecule has 1 heterocycles. The molecule has 1 aromatic heterocycles. The molecule has 0 spiro atoms. The fraction of sp³-hybridized carbons (Fsp3) is 0.500. The molecule has 0 atom stereocenters. The Labute approximate surface area is 106 Å². The average molecular weight is 342 g/mol. The van der Waals surface area contributed by atoms with Crippen molar-refractivity contribution in [3.8, 4) is 5.88 Å². The summed E-state index contributed by atoms with van der Waals surface area (Å²) in [5.74, 6) is 1.67. The number of rotatable bonds is 3. The van der Waals surface area contributed by atoms with Crippen LogP contribution < -0.4 is 4.74 Å². The van der Waals surface area contributed by atoms with Gasteiger partial charge in [-0.15, -0.1) is 0 Å². The van der Waals surface area contributed by atoms with Crippen molar-refractivity contribution in [3.63, 3.8) is 0 Å². The second-order valence-corrected chi connectivity index (χ2v) is 4.87. The van der Waals surface area contributed by atoms with Gasteiger partial charge in [-0.25, -0.2) is 4.79 Å². The lowest BCUT2D eigenvalue weighted by atomic mass is 10.5. The van der Waals surface area contributed by atoms with Crippen molar-refractivity contribution in [3.05, 3.63) is 9.33 Å². The minimum absolute atomic E-state index is 0.235. The van der Waals surface area contributed by atoms with E-state index in [9.17, 15) is 4.79 Å². The first-order valence-electron chi connectivity index (χ1n) is 4.08. The molecule has 15 heavy (non-hydrogen) atoms. The third-order valence-electron chi connectivity index (χ3n) is 1.50. The van der Waals surface area contributed by atoms with E-state index in [0.717, 1.165) is 9.33 Å². The van der Waals surface area contributed by atoms with E-state index >= 15 is 0 Å². The predicted molar refractivity (Wildman–Crippen MR) is 66.2 cm³/mol. The number of hydrogen-bond acceptors (Lipinski definition) is 5. The molecule has 0 aromatic carbocycles. The summed E-state index contributed by atoms with van der Waals surface area (Å²) >= 11 is 3.67. The maximum absolute atomic E-state index is 11.2. The highest BCUT2D eigenvalue weighted by Crippen LogP contribution is 2.26. The monoisotopic (exact) mass is 342 g/mol. The van der Waals surface area contributed by atoms with Gasteiger partial charge in [0.25, 0.3) is 5.88 Å². The van der Waals surface area contributed by atoms with Gasteiger partial charge in [0, 0.05) is 14.1 Å². The largest absolute Gasteiger partial charge is 0.416 e. The summed E-state index contributed by atoms with van der Waals surface area (Å²) in [6.07, 6.45) is 1.50. The molecule has 1 aromatic rings. The van der Waals surface area contributed by atoms with E-state index in [1.54, 1.807) is 25.9 Å². The molecule has 0 aliphatic rings. The Morgan fingerprint density at radius 1 is 1.67 bits per heavy atom. The van der Waals surface area contributed by atoms with Crippen molar-refractivity contribution in [1.82, 2.24) is 10.1 Å². The molecular formula is C8H11IN2O3S. The molecule has 1 rings (SSSR count). The van der Waals surface area contributed by atoms with E-state index in [1.807, 2.05) is 6.26 Å². The van der Waals surface area contributed by atoms with Crippen LogP contribution >= 0.6 is 34.4 Å². The standard InChI is InChI=1S/C8H11IN2O3S/c1-11(2)8(12)13-7-6(9)5(4-15-3)14-10-7/h4H2,1-3H3. The Morgan fingerprint density at radius 3 is 2.87 bits per heavy atom. The third-order valence-corrected chi connectivity index (χ3v) is 3.11. The van der Waals surface area contributed by atoms with Crippen LogP contribution in [0.4, 0.5) is 4.79 Å². The Morgan fingerprint density at radius 2 is 2.33 bits per heavy atom. The van der Waals surface area contributed by atoms with Crippen LogP contribution in [0.25, 0.3) is 0 Å². The van der Waals surface area contributed by atoms with Gasteiger partial charge in [-0.2, -0.15) is 11.8 Å². The SMILES string of the molecule is CSCc1onc(OC(=O)N(C)C)c1I. The second-order valence-electron chi connectivity index (χ2n) is 2.92. The molecule has 0 bridgehead atoms. The number of aromatic nitrogens is 1. The van der Waals surface area contributed by atoms with E-state index < -0.39 is 6.09 Å². The van der Waals surface area contributed by atoms with Crippen LogP contribution in [0, 0.1) is 3.57 Å². The van der Waals surface area contributed by atoms with Crippen LogP contribution in [-0.4, -0.2) is 36.5 Å². The molecule has 0 saturated carbocycles. The molecule has 0 aliphatic heterocycles. The Bertz CT molecular complexity index is 354. The highest BCUT2D eigenvalue weighted by Gasteiger charge is 2.18. The summed E-state index contributed by atoms with van der Waals surface area (Å²) in [6, 6.07) is 0. The molecule has 0 N–H and O–H groups in total. The second kappa shape index (κ2) is 5.59. The number of hydrogen-bond donors (Lipinski definition) is 0. The van der Waals surface area contributed by atoms with Crippen LogP contribution in [0.3, 0.4) is 0 Å². The molecule has 0 saturated heterocycles. The average Bonchev–Trinajstić information content (AvgIpc) is 2.50. The van der Waals surface area contributed by atoms with Crippen molar-refractivity contribution < 1.29 is 14.1 Å². The van der Waals surface area contributed by atoms with E-state index in [0.29, 0.717) is 5.75 Å². The maximum Gasteiger partial charge on any atom is 0.416 e. The van der Waals surface area contributed by atoms with Crippen LogP contribution in [-0.2, 0) is 5.75 Å². The fourth-order valence-corrected chi connectivity index (χ4v) is 1.97. The van der Waals surface area contributed by atoms with Crippen LogP contribution in [0.15, 0.2) is 4.52 Å². The van der Waals surface area contributed by atoms with Crippen LogP contribution in [0.5, 0.6) is 5.88 Å². The fourth-order valence-electron chi connectivity index (χ4n) is 0.754. The summed E-state index contributed by atoms with van der Waals surface area (Å²) in [4.78, 5) is 12.6. The third kappa shape index (κ3) is 3.26. The zero-order valence-corrected chi connectivity index (χ0v) is 11.6.